The van der Waals surface area contributed by atoms with Gasteiger partial charge in [0.05, 0.1) is 0 Å². The van der Waals surface area contributed by atoms with Crippen molar-refractivity contribution in [3.05, 3.63) is 30.5 Å². The van der Waals surface area contributed by atoms with E-state index < -0.39 is 5.38 Å². The van der Waals surface area contributed by atoms with Gasteiger partial charge in [-0.1, -0.05) is 6.07 Å². The van der Waals surface area contributed by atoms with Crippen molar-refractivity contribution >= 4 is 34.1 Å². The number of nitrogens with one attached hydrogen (secondary N) is 1. The summed E-state index contributed by atoms with van der Waals surface area (Å²) in [5, 5.41) is 0.799. The van der Waals surface area contributed by atoms with E-state index in [-0.39, 0.29) is 5.91 Å². The fourth-order valence-electron chi connectivity index (χ4n) is 2.76. The smallest absolute Gasteiger partial charge is 0.240 e. The third-order valence-electron chi connectivity index (χ3n) is 3.84. The number of aromatic nitrogens is 1. The highest BCUT2D eigenvalue weighted by atomic mass is 35.5. The van der Waals surface area contributed by atoms with Gasteiger partial charge in [-0.25, -0.2) is 0 Å². The van der Waals surface area contributed by atoms with Gasteiger partial charge in [-0.2, -0.15) is 0 Å². The third kappa shape index (κ3) is 2.36. The van der Waals surface area contributed by atoms with Crippen LogP contribution in [0.25, 0.3) is 10.9 Å². The Morgan fingerprint density at radius 3 is 2.70 bits per heavy atom. The molecule has 1 unspecified atom stereocenters. The van der Waals surface area contributed by atoms with Crippen molar-refractivity contribution in [1.82, 2.24) is 9.88 Å². The summed E-state index contributed by atoms with van der Waals surface area (Å²) >= 11 is 5.87. The first-order valence-electron chi connectivity index (χ1n) is 6.91. The van der Waals surface area contributed by atoms with E-state index in [1.807, 2.05) is 11.1 Å². The standard InChI is InChI=1S/C15H18ClN3O/c1-11(16)15(20)19-9-7-18(8-10-19)14-4-2-3-13-12(14)5-6-17-13/h2-6,11,17H,7-10H2,1H3. The average Bonchev–Trinajstić information content (AvgIpc) is 2.95. The Hall–Kier alpha value is -1.68. The second-order valence-corrected chi connectivity index (χ2v) is 5.80. The predicted molar refractivity (Wildman–Crippen MR) is 82.4 cm³/mol. The first kappa shape index (κ1) is 13.3. The highest BCUT2D eigenvalue weighted by Crippen LogP contribution is 2.27. The molecule has 0 aliphatic carbocycles. The second kappa shape index (κ2) is 5.37. The van der Waals surface area contributed by atoms with E-state index in [9.17, 15) is 4.79 Å². The van der Waals surface area contributed by atoms with Crippen LogP contribution in [0, 0.1) is 0 Å². The molecule has 0 spiro atoms. The van der Waals surface area contributed by atoms with E-state index in [4.69, 9.17) is 11.6 Å². The van der Waals surface area contributed by atoms with Crippen LogP contribution in [0.3, 0.4) is 0 Å². The summed E-state index contributed by atoms with van der Waals surface area (Å²) in [6, 6.07) is 8.38. The molecule has 2 aromatic rings. The van der Waals surface area contributed by atoms with E-state index in [2.05, 4.69) is 34.1 Å². The number of rotatable bonds is 2. The largest absolute Gasteiger partial charge is 0.367 e. The number of halogens is 1. The van der Waals surface area contributed by atoms with Crippen LogP contribution in [0.2, 0.25) is 0 Å². The van der Waals surface area contributed by atoms with Crippen molar-refractivity contribution in [1.29, 1.82) is 0 Å². The SMILES string of the molecule is CC(Cl)C(=O)N1CCN(c2cccc3[nH]ccc23)CC1. The van der Waals surface area contributed by atoms with E-state index in [1.54, 1.807) is 6.92 Å². The number of nitrogens with zero attached hydrogens (tertiary/aromatic N) is 2. The van der Waals surface area contributed by atoms with Crippen LogP contribution in [0.1, 0.15) is 6.92 Å². The van der Waals surface area contributed by atoms with Crippen LogP contribution in [0.5, 0.6) is 0 Å². The van der Waals surface area contributed by atoms with Gasteiger partial charge in [-0.15, -0.1) is 11.6 Å². The fraction of sp³-hybridized carbons (Fsp3) is 0.400. The Kier molecular flexibility index (Phi) is 3.57. The molecule has 1 saturated heterocycles. The summed E-state index contributed by atoms with van der Waals surface area (Å²) in [5.41, 5.74) is 2.38. The van der Waals surface area contributed by atoms with E-state index in [0.29, 0.717) is 0 Å². The predicted octanol–water partition coefficient (Wildman–Crippen LogP) is 2.44. The molecule has 0 saturated carbocycles. The highest BCUT2D eigenvalue weighted by molar-refractivity contribution is 6.30. The molecule has 3 rings (SSSR count). The van der Waals surface area contributed by atoms with Crippen molar-refractivity contribution in [3.8, 4) is 0 Å². The lowest BCUT2D eigenvalue weighted by Gasteiger charge is -2.36. The molecular weight excluding hydrogens is 274 g/mol. The minimum absolute atomic E-state index is 0.0335. The first-order chi connectivity index (χ1) is 9.66. The Labute approximate surface area is 123 Å². The number of piperazine rings is 1. The molecule has 1 aliphatic heterocycles. The maximum Gasteiger partial charge on any atom is 0.240 e. The molecule has 1 fully saturated rings. The van der Waals surface area contributed by atoms with Gasteiger partial charge >= 0.3 is 0 Å². The van der Waals surface area contributed by atoms with E-state index in [0.717, 1.165) is 31.7 Å². The molecule has 106 valence electrons. The van der Waals surface area contributed by atoms with Gasteiger partial charge in [0.1, 0.15) is 5.38 Å². The number of carbonyl (C=O) groups excluding carboxylic acids is 1. The maximum absolute atomic E-state index is 11.9. The molecule has 1 atom stereocenters. The minimum Gasteiger partial charge on any atom is -0.367 e. The normalized spacial score (nSPS) is 17.5. The molecule has 2 heterocycles. The summed E-state index contributed by atoms with van der Waals surface area (Å²) in [7, 11) is 0. The molecule has 4 nitrogen and oxygen atoms in total. The van der Waals surface area contributed by atoms with Crippen molar-refractivity contribution in [2.24, 2.45) is 0 Å². The molecular formula is C15H18ClN3O. The van der Waals surface area contributed by atoms with E-state index >= 15 is 0 Å². The lowest BCUT2D eigenvalue weighted by Crippen LogP contribution is -2.50. The summed E-state index contributed by atoms with van der Waals surface area (Å²) in [6.45, 7) is 4.89. The minimum atomic E-state index is -0.436. The number of anilines is 1. The molecule has 1 aliphatic rings. The molecule has 1 aromatic heterocycles. The molecule has 1 N–H and O–H groups in total. The van der Waals surface area contributed by atoms with Crippen LogP contribution in [0.15, 0.2) is 30.5 Å². The monoisotopic (exact) mass is 291 g/mol. The van der Waals surface area contributed by atoms with Gasteiger partial charge in [0.2, 0.25) is 5.91 Å². The zero-order valence-electron chi connectivity index (χ0n) is 11.5. The molecule has 1 aromatic carbocycles. The number of hydrogen-bond acceptors (Lipinski definition) is 2. The van der Waals surface area contributed by atoms with Gasteiger partial charge in [0, 0.05) is 49.0 Å². The topological polar surface area (TPSA) is 39.3 Å². The maximum atomic E-state index is 11.9. The molecule has 5 heteroatoms. The van der Waals surface area contributed by atoms with Crippen LogP contribution in [0.4, 0.5) is 5.69 Å². The van der Waals surface area contributed by atoms with Gasteiger partial charge in [-0.3, -0.25) is 4.79 Å². The number of aromatic amines is 1. The zero-order valence-corrected chi connectivity index (χ0v) is 12.2. The lowest BCUT2D eigenvalue weighted by atomic mass is 10.1. The number of carbonyl (C=O) groups is 1. The highest BCUT2D eigenvalue weighted by Gasteiger charge is 2.24. The van der Waals surface area contributed by atoms with Gasteiger partial charge < -0.3 is 14.8 Å². The fourth-order valence-corrected chi connectivity index (χ4v) is 2.90. The van der Waals surface area contributed by atoms with E-state index in [1.165, 1.54) is 11.1 Å². The number of H-pyrrole nitrogens is 1. The quantitative estimate of drug-likeness (QED) is 0.863. The Balaban J connectivity index is 1.75. The summed E-state index contributed by atoms with van der Waals surface area (Å²) in [6.07, 6.45) is 1.96. The summed E-state index contributed by atoms with van der Waals surface area (Å²) in [5.74, 6) is 0.0335. The summed E-state index contributed by atoms with van der Waals surface area (Å²) in [4.78, 5) is 19.3. The Bertz CT molecular complexity index is 614. The van der Waals surface area contributed by atoms with Crippen LogP contribution < -0.4 is 4.90 Å². The average molecular weight is 292 g/mol. The number of benzene rings is 1. The van der Waals surface area contributed by atoms with Gasteiger partial charge in [-0.05, 0) is 25.1 Å². The van der Waals surface area contributed by atoms with Crippen molar-refractivity contribution < 1.29 is 4.79 Å². The van der Waals surface area contributed by atoms with Crippen molar-refractivity contribution in [2.45, 2.75) is 12.3 Å². The van der Waals surface area contributed by atoms with Gasteiger partial charge in [0.25, 0.3) is 0 Å². The number of amides is 1. The molecule has 20 heavy (non-hydrogen) atoms. The number of alkyl halides is 1. The second-order valence-electron chi connectivity index (χ2n) is 5.14. The molecule has 0 bridgehead atoms. The lowest BCUT2D eigenvalue weighted by molar-refractivity contribution is -0.130. The van der Waals surface area contributed by atoms with Crippen molar-refractivity contribution in [2.75, 3.05) is 31.1 Å². The molecule has 1 amide bonds. The first-order valence-corrected chi connectivity index (χ1v) is 7.34. The zero-order chi connectivity index (χ0) is 14.1. The van der Waals surface area contributed by atoms with Crippen LogP contribution in [-0.2, 0) is 4.79 Å². The number of fused-ring (bicyclic) bond motifs is 1. The van der Waals surface area contributed by atoms with Crippen LogP contribution in [-0.4, -0.2) is 47.3 Å². The third-order valence-corrected chi connectivity index (χ3v) is 4.03. The van der Waals surface area contributed by atoms with Crippen molar-refractivity contribution in [3.63, 3.8) is 0 Å². The van der Waals surface area contributed by atoms with Crippen LogP contribution >= 0.6 is 11.6 Å². The summed E-state index contributed by atoms with van der Waals surface area (Å²) < 4.78 is 0. The molecule has 0 radical (unpaired) electrons. The Morgan fingerprint density at radius 1 is 1.25 bits per heavy atom. The Morgan fingerprint density at radius 2 is 2.00 bits per heavy atom. The van der Waals surface area contributed by atoms with Gasteiger partial charge in [0.15, 0.2) is 0 Å². The number of hydrogen-bond donors (Lipinski definition) is 1.